The number of fused-ring (bicyclic) bond motifs is 1. The van der Waals surface area contributed by atoms with Crippen LogP contribution in [0.2, 0.25) is 0 Å². The first kappa shape index (κ1) is 17.8. The van der Waals surface area contributed by atoms with E-state index >= 15 is 0 Å². The fourth-order valence-electron chi connectivity index (χ4n) is 5.71. The fraction of sp³-hybridized carbons (Fsp3) is 0.895. The number of ether oxygens (including phenoxy) is 1. The summed E-state index contributed by atoms with van der Waals surface area (Å²) in [6, 6.07) is 0. The molecule has 0 aromatic heterocycles. The summed E-state index contributed by atoms with van der Waals surface area (Å²) in [4.78, 5) is 0. The molecule has 0 radical (unpaired) electrons. The zero-order valence-corrected chi connectivity index (χ0v) is 14.6. The third-order valence-corrected chi connectivity index (χ3v) is 6.85. The van der Waals surface area contributed by atoms with Gasteiger partial charge in [0.15, 0.2) is 0 Å². The van der Waals surface area contributed by atoms with Crippen molar-refractivity contribution in [2.75, 3.05) is 6.61 Å². The van der Waals surface area contributed by atoms with Crippen molar-refractivity contribution in [2.24, 2.45) is 23.2 Å². The molecule has 2 fully saturated rings. The van der Waals surface area contributed by atoms with Crippen molar-refractivity contribution in [3.05, 3.63) is 12.8 Å². The maximum Gasteiger partial charge on any atom is 0.111 e. The molecule has 6 unspecified atom stereocenters. The van der Waals surface area contributed by atoms with Crippen molar-refractivity contribution < 1.29 is 14.9 Å². The van der Waals surface area contributed by atoms with Crippen molar-refractivity contribution >= 4 is 0 Å². The molecule has 2 aliphatic rings. The Morgan fingerprint density at radius 1 is 1.27 bits per heavy atom. The van der Waals surface area contributed by atoms with E-state index in [9.17, 15) is 10.2 Å². The summed E-state index contributed by atoms with van der Waals surface area (Å²) >= 11 is 0. The fourth-order valence-corrected chi connectivity index (χ4v) is 5.71. The van der Waals surface area contributed by atoms with E-state index in [2.05, 4.69) is 27.4 Å². The summed E-state index contributed by atoms with van der Waals surface area (Å²) in [5, 5.41) is 20.1. The highest BCUT2D eigenvalue weighted by molar-refractivity contribution is 5.08. The molecule has 0 aliphatic heterocycles. The number of aliphatic hydroxyl groups is 2. The normalized spacial score (nSPS) is 45.1. The average molecular weight is 310 g/mol. The predicted octanol–water partition coefficient (Wildman–Crippen LogP) is 3.89. The highest BCUT2D eigenvalue weighted by atomic mass is 16.5. The van der Waals surface area contributed by atoms with Crippen LogP contribution in [-0.4, -0.2) is 28.5 Å². The number of hydrogen-bond acceptors (Lipinski definition) is 3. The summed E-state index contributed by atoms with van der Waals surface area (Å²) in [6.45, 7) is 10.7. The van der Waals surface area contributed by atoms with Gasteiger partial charge in [0.2, 0.25) is 0 Å². The molecule has 0 bridgehead atoms. The van der Waals surface area contributed by atoms with Crippen LogP contribution in [0.5, 0.6) is 0 Å². The van der Waals surface area contributed by atoms with Gasteiger partial charge in [-0.1, -0.05) is 33.8 Å². The van der Waals surface area contributed by atoms with Gasteiger partial charge in [-0.2, -0.15) is 0 Å². The SMILES string of the molecule is C=COC1(CC)CCC2C(CO)C(O)CCC2(C)C1CCC. The van der Waals surface area contributed by atoms with Crippen molar-refractivity contribution in [1.82, 2.24) is 0 Å². The second kappa shape index (κ2) is 6.92. The Morgan fingerprint density at radius 3 is 2.55 bits per heavy atom. The minimum absolute atomic E-state index is 0.0247. The molecule has 0 saturated heterocycles. The quantitative estimate of drug-likeness (QED) is 0.732. The van der Waals surface area contributed by atoms with Crippen molar-refractivity contribution in [3.63, 3.8) is 0 Å². The number of rotatable bonds is 6. The largest absolute Gasteiger partial charge is 0.495 e. The van der Waals surface area contributed by atoms with Gasteiger partial charge in [-0.15, -0.1) is 0 Å². The molecule has 6 atom stereocenters. The Labute approximate surface area is 135 Å². The Balaban J connectivity index is 2.39. The van der Waals surface area contributed by atoms with Crippen LogP contribution in [0.4, 0.5) is 0 Å². The molecule has 0 aromatic rings. The lowest BCUT2D eigenvalue weighted by Crippen LogP contribution is -2.59. The lowest BCUT2D eigenvalue weighted by molar-refractivity contribution is -0.188. The number of hydrogen-bond donors (Lipinski definition) is 2. The van der Waals surface area contributed by atoms with E-state index in [0.717, 1.165) is 44.9 Å². The van der Waals surface area contributed by atoms with E-state index in [0.29, 0.717) is 11.8 Å². The monoisotopic (exact) mass is 310 g/mol. The van der Waals surface area contributed by atoms with E-state index in [4.69, 9.17) is 4.74 Å². The molecule has 2 saturated carbocycles. The van der Waals surface area contributed by atoms with Crippen molar-refractivity contribution in [1.29, 1.82) is 0 Å². The van der Waals surface area contributed by atoms with Crippen LogP contribution in [0.3, 0.4) is 0 Å². The van der Waals surface area contributed by atoms with E-state index < -0.39 is 0 Å². The molecule has 3 nitrogen and oxygen atoms in total. The molecule has 22 heavy (non-hydrogen) atoms. The van der Waals surface area contributed by atoms with Crippen LogP contribution in [0.1, 0.15) is 65.7 Å². The first-order chi connectivity index (χ1) is 10.5. The maximum atomic E-state index is 10.3. The Kier molecular flexibility index (Phi) is 5.60. The average Bonchev–Trinajstić information content (AvgIpc) is 2.51. The summed E-state index contributed by atoms with van der Waals surface area (Å²) in [6.07, 6.45) is 8.42. The third-order valence-electron chi connectivity index (χ3n) is 6.85. The van der Waals surface area contributed by atoms with Gasteiger partial charge in [0.1, 0.15) is 5.60 Å². The smallest absolute Gasteiger partial charge is 0.111 e. The molecule has 2 rings (SSSR count). The summed E-state index contributed by atoms with van der Waals surface area (Å²) in [5.41, 5.74) is 0.0191. The van der Waals surface area contributed by atoms with E-state index in [1.807, 2.05) is 0 Å². The predicted molar refractivity (Wildman–Crippen MR) is 89.3 cm³/mol. The molecule has 0 amide bonds. The van der Waals surface area contributed by atoms with Crippen LogP contribution in [0.15, 0.2) is 12.8 Å². The van der Waals surface area contributed by atoms with Gasteiger partial charge in [-0.3, -0.25) is 0 Å². The molecule has 0 heterocycles. The van der Waals surface area contributed by atoms with Crippen LogP contribution in [0.25, 0.3) is 0 Å². The summed E-state index contributed by atoms with van der Waals surface area (Å²) in [7, 11) is 0. The lowest BCUT2D eigenvalue weighted by Gasteiger charge is -2.61. The Bertz CT molecular complexity index is 383. The first-order valence-electron chi connectivity index (χ1n) is 9.06. The second-order valence-electron chi connectivity index (χ2n) is 7.65. The van der Waals surface area contributed by atoms with Crippen molar-refractivity contribution in [3.8, 4) is 0 Å². The Hall–Kier alpha value is -0.540. The summed E-state index contributed by atoms with van der Waals surface area (Å²) in [5.74, 6) is 0.885. The summed E-state index contributed by atoms with van der Waals surface area (Å²) < 4.78 is 6.13. The van der Waals surface area contributed by atoms with Gasteiger partial charge in [0.25, 0.3) is 0 Å². The molecule has 2 aliphatic carbocycles. The third kappa shape index (κ3) is 2.71. The molecule has 3 heteroatoms. The van der Waals surface area contributed by atoms with Crippen LogP contribution < -0.4 is 0 Å². The van der Waals surface area contributed by atoms with Crippen LogP contribution >= 0.6 is 0 Å². The lowest BCUT2D eigenvalue weighted by atomic mass is 9.47. The molecule has 0 spiro atoms. The standard InChI is InChI=1S/C19H34O3/c1-5-8-17-18(4)11-10-16(21)14(13-20)15(18)9-12-19(17,6-2)22-7-3/h7,14-17,20-21H,3,5-6,8-13H2,1-2,4H3. The zero-order valence-electron chi connectivity index (χ0n) is 14.6. The van der Waals surface area contributed by atoms with E-state index in [1.165, 1.54) is 0 Å². The highest BCUT2D eigenvalue weighted by Gasteiger charge is 2.59. The van der Waals surface area contributed by atoms with E-state index in [-0.39, 0.29) is 29.6 Å². The van der Waals surface area contributed by atoms with Crippen molar-refractivity contribution in [2.45, 2.75) is 77.4 Å². The van der Waals surface area contributed by atoms with Gasteiger partial charge in [-0.25, -0.2) is 0 Å². The Morgan fingerprint density at radius 2 is 2.00 bits per heavy atom. The minimum Gasteiger partial charge on any atom is -0.495 e. The van der Waals surface area contributed by atoms with Gasteiger partial charge in [-0.05, 0) is 49.9 Å². The molecular formula is C19H34O3. The highest BCUT2D eigenvalue weighted by Crippen LogP contribution is 2.61. The van der Waals surface area contributed by atoms with Gasteiger partial charge in [0.05, 0.1) is 12.4 Å². The van der Waals surface area contributed by atoms with Gasteiger partial charge < -0.3 is 14.9 Å². The maximum absolute atomic E-state index is 10.3. The zero-order chi connectivity index (χ0) is 16.4. The molecular weight excluding hydrogens is 276 g/mol. The minimum atomic E-state index is -0.347. The second-order valence-corrected chi connectivity index (χ2v) is 7.65. The van der Waals surface area contributed by atoms with Crippen LogP contribution in [0, 0.1) is 23.2 Å². The first-order valence-corrected chi connectivity index (χ1v) is 9.06. The molecule has 2 N–H and O–H groups in total. The molecule has 128 valence electrons. The number of aliphatic hydroxyl groups excluding tert-OH is 2. The van der Waals surface area contributed by atoms with Crippen LogP contribution in [-0.2, 0) is 4.74 Å². The van der Waals surface area contributed by atoms with Gasteiger partial charge in [0, 0.05) is 18.4 Å². The van der Waals surface area contributed by atoms with E-state index in [1.54, 1.807) is 6.26 Å². The topological polar surface area (TPSA) is 49.7 Å². The molecule has 0 aromatic carbocycles. The van der Waals surface area contributed by atoms with Gasteiger partial charge >= 0.3 is 0 Å².